The molecule has 5 heteroatoms. The molecule has 152 valence electrons. The van der Waals surface area contributed by atoms with Crippen molar-refractivity contribution in [1.29, 1.82) is 0 Å². The Morgan fingerprint density at radius 2 is 1.61 bits per heavy atom. The van der Waals surface area contributed by atoms with Gasteiger partial charge in [0.15, 0.2) is 11.5 Å². The third-order valence-corrected chi connectivity index (χ3v) is 5.05. The summed E-state index contributed by atoms with van der Waals surface area (Å²) in [6.45, 7) is 5.01. The molecule has 1 saturated heterocycles. The zero-order chi connectivity index (χ0) is 19.9. The molecule has 1 heterocycles. The van der Waals surface area contributed by atoms with Gasteiger partial charge in [-0.05, 0) is 49.4 Å². The number of benzene rings is 2. The van der Waals surface area contributed by atoms with Crippen LogP contribution in [0.1, 0.15) is 50.3 Å². The minimum atomic E-state index is -1.01. The van der Waals surface area contributed by atoms with Gasteiger partial charge >= 0.3 is 0 Å². The molecule has 0 N–H and O–H groups in total. The molecule has 1 fully saturated rings. The van der Waals surface area contributed by atoms with Crippen molar-refractivity contribution in [2.24, 2.45) is 5.92 Å². The summed E-state index contributed by atoms with van der Waals surface area (Å²) in [7, 11) is 0. The third kappa shape index (κ3) is 5.02. The first-order valence-electron chi connectivity index (χ1n) is 10.1. The smallest absolute Gasteiger partial charge is 0.204 e. The second-order valence-electron chi connectivity index (χ2n) is 7.19. The fourth-order valence-electron chi connectivity index (χ4n) is 3.49. The van der Waals surface area contributed by atoms with Crippen LogP contribution in [0.15, 0.2) is 36.4 Å². The molecular formula is C23H28F2O3. The standard InChI is InChI=1S/C23H28F2O3/c1-3-5-16-6-9-18(10-7-16)19-11-8-17(14-27-19)15-28-21-13-12-20(26-4-2)22(24)23(21)25/h6-7,9-10,12-13,17,19H,3-5,8,11,14-15H2,1-2H3. The van der Waals surface area contributed by atoms with Crippen molar-refractivity contribution in [3.05, 3.63) is 59.2 Å². The zero-order valence-electron chi connectivity index (χ0n) is 16.5. The lowest BCUT2D eigenvalue weighted by atomic mass is 9.94. The second kappa shape index (κ2) is 9.87. The number of aryl methyl sites for hydroxylation is 1. The lowest BCUT2D eigenvalue weighted by molar-refractivity contribution is -0.0289. The molecule has 2 aromatic rings. The number of halogens is 2. The van der Waals surface area contributed by atoms with Gasteiger partial charge < -0.3 is 14.2 Å². The van der Waals surface area contributed by atoms with E-state index in [1.807, 2.05) is 0 Å². The lowest BCUT2D eigenvalue weighted by Crippen LogP contribution is -2.25. The molecule has 1 aliphatic heterocycles. The van der Waals surface area contributed by atoms with Crippen LogP contribution < -0.4 is 9.47 Å². The second-order valence-corrected chi connectivity index (χ2v) is 7.19. The molecule has 0 amide bonds. The third-order valence-electron chi connectivity index (χ3n) is 5.05. The normalized spacial score (nSPS) is 19.4. The van der Waals surface area contributed by atoms with E-state index in [1.54, 1.807) is 6.92 Å². The first kappa shape index (κ1) is 20.6. The van der Waals surface area contributed by atoms with Gasteiger partial charge in [-0.25, -0.2) is 0 Å². The molecule has 3 rings (SSSR count). The van der Waals surface area contributed by atoms with E-state index >= 15 is 0 Å². The topological polar surface area (TPSA) is 27.7 Å². The first-order valence-corrected chi connectivity index (χ1v) is 10.1. The molecule has 2 aromatic carbocycles. The quantitative estimate of drug-likeness (QED) is 0.565. The summed E-state index contributed by atoms with van der Waals surface area (Å²) in [4.78, 5) is 0. The van der Waals surface area contributed by atoms with Crippen molar-refractivity contribution < 1.29 is 23.0 Å². The fourth-order valence-corrected chi connectivity index (χ4v) is 3.49. The predicted molar refractivity (Wildman–Crippen MR) is 105 cm³/mol. The van der Waals surface area contributed by atoms with Crippen molar-refractivity contribution in [2.45, 2.75) is 45.6 Å². The molecule has 2 atom stereocenters. The van der Waals surface area contributed by atoms with E-state index in [4.69, 9.17) is 14.2 Å². The highest BCUT2D eigenvalue weighted by Gasteiger charge is 2.24. The van der Waals surface area contributed by atoms with E-state index in [1.165, 1.54) is 23.3 Å². The molecule has 0 radical (unpaired) electrons. The van der Waals surface area contributed by atoms with E-state index in [-0.39, 0.29) is 30.1 Å². The highest BCUT2D eigenvalue weighted by Crippen LogP contribution is 2.32. The van der Waals surface area contributed by atoms with Crippen LogP contribution in [0, 0.1) is 17.6 Å². The molecule has 0 bridgehead atoms. The predicted octanol–water partition coefficient (Wildman–Crippen LogP) is 5.86. The number of hydrogen-bond acceptors (Lipinski definition) is 3. The Bertz CT molecular complexity index is 753. The van der Waals surface area contributed by atoms with Gasteiger partial charge in [0.2, 0.25) is 11.6 Å². The van der Waals surface area contributed by atoms with Crippen LogP contribution in [0.4, 0.5) is 8.78 Å². The molecule has 0 spiro atoms. The van der Waals surface area contributed by atoms with Gasteiger partial charge in [0.1, 0.15) is 0 Å². The average molecular weight is 390 g/mol. The summed E-state index contributed by atoms with van der Waals surface area (Å²) in [5.41, 5.74) is 2.54. The average Bonchev–Trinajstić information content (AvgIpc) is 2.72. The van der Waals surface area contributed by atoms with E-state index in [2.05, 4.69) is 31.2 Å². The van der Waals surface area contributed by atoms with Crippen LogP contribution in [-0.2, 0) is 11.2 Å². The van der Waals surface area contributed by atoms with Crippen LogP contribution in [0.2, 0.25) is 0 Å². The Morgan fingerprint density at radius 3 is 2.18 bits per heavy atom. The molecule has 28 heavy (non-hydrogen) atoms. The van der Waals surface area contributed by atoms with Crippen molar-refractivity contribution in [2.75, 3.05) is 19.8 Å². The van der Waals surface area contributed by atoms with E-state index in [0.717, 1.165) is 25.7 Å². The first-order chi connectivity index (χ1) is 13.6. The summed E-state index contributed by atoms with van der Waals surface area (Å²) in [6.07, 6.45) is 4.13. The zero-order valence-corrected chi connectivity index (χ0v) is 16.5. The van der Waals surface area contributed by atoms with Gasteiger partial charge in [-0.1, -0.05) is 37.6 Å². The summed E-state index contributed by atoms with van der Waals surface area (Å²) in [5, 5.41) is 0. The summed E-state index contributed by atoms with van der Waals surface area (Å²) in [5.74, 6) is -2.04. The molecular weight excluding hydrogens is 362 g/mol. The Labute approximate surface area is 165 Å². The molecule has 0 aromatic heterocycles. The molecule has 3 nitrogen and oxygen atoms in total. The number of hydrogen-bond donors (Lipinski definition) is 0. The minimum Gasteiger partial charge on any atom is -0.491 e. The van der Waals surface area contributed by atoms with Crippen LogP contribution in [-0.4, -0.2) is 19.8 Å². The van der Waals surface area contributed by atoms with Crippen molar-refractivity contribution >= 4 is 0 Å². The Hall–Kier alpha value is -2.14. The van der Waals surface area contributed by atoms with Crippen LogP contribution >= 0.6 is 0 Å². The van der Waals surface area contributed by atoms with E-state index in [9.17, 15) is 8.78 Å². The van der Waals surface area contributed by atoms with E-state index < -0.39 is 11.6 Å². The Balaban J connectivity index is 1.50. The summed E-state index contributed by atoms with van der Waals surface area (Å²) < 4.78 is 44.6. The van der Waals surface area contributed by atoms with Crippen LogP contribution in [0.25, 0.3) is 0 Å². The van der Waals surface area contributed by atoms with Crippen molar-refractivity contribution in [3.63, 3.8) is 0 Å². The Kier molecular flexibility index (Phi) is 7.26. The largest absolute Gasteiger partial charge is 0.491 e. The highest BCUT2D eigenvalue weighted by molar-refractivity contribution is 5.35. The maximum absolute atomic E-state index is 14.1. The maximum Gasteiger partial charge on any atom is 0.204 e. The monoisotopic (exact) mass is 390 g/mol. The Morgan fingerprint density at radius 1 is 0.929 bits per heavy atom. The van der Waals surface area contributed by atoms with Gasteiger partial charge in [-0.3, -0.25) is 0 Å². The summed E-state index contributed by atoms with van der Waals surface area (Å²) in [6, 6.07) is 11.4. The van der Waals surface area contributed by atoms with Crippen LogP contribution in [0.3, 0.4) is 0 Å². The fraction of sp³-hybridized carbons (Fsp3) is 0.478. The van der Waals surface area contributed by atoms with Gasteiger partial charge in [0.05, 0.1) is 25.9 Å². The van der Waals surface area contributed by atoms with Crippen molar-refractivity contribution in [3.8, 4) is 11.5 Å². The van der Waals surface area contributed by atoms with Gasteiger partial charge in [0, 0.05) is 5.92 Å². The van der Waals surface area contributed by atoms with Crippen molar-refractivity contribution in [1.82, 2.24) is 0 Å². The number of rotatable bonds is 8. The lowest BCUT2D eigenvalue weighted by Gasteiger charge is -2.29. The highest BCUT2D eigenvalue weighted by atomic mass is 19.2. The van der Waals surface area contributed by atoms with Gasteiger partial charge in [0.25, 0.3) is 0 Å². The summed E-state index contributed by atoms with van der Waals surface area (Å²) >= 11 is 0. The van der Waals surface area contributed by atoms with Gasteiger partial charge in [-0.2, -0.15) is 8.78 Å². The SMILES string of the molecule is CCCc1ccc(C2CCC(COc3ccc(OCC)c(F)c3F)CO2)cc1. The molecule has 0 aliphatic carbocycles. The van der Waals surface area contributed by atoms with Gasteiger partial charge in [-0.15, -0.1) is 0 Å². The van der Waals surface area contributed by atoms with E-state index in [0.29, 0.717) is 13.2 Å². The number of ether oxygens (including phenoxy) is 3. The maximum atomic E-state index is 14.1. The van der Waals surface area contributed by atoms with Crippen LogP contribution in [0.5, 0.6) is 11.5 Å². The molecule has 2 unspecified atom stereocenters. The minimum absolute atomic E-state index is 0.0883. The molecule has 0 saturated carbocycles. The molecule has 1 aliphatic rings.